The minimum atomic E-state index is 0.179. The monoisotopic (exact) mass is 425 g/mol. The lowest BCUT2D eigenvalue weighted by Crippen LogP contribution is -2.40. The smallest absolute Gasteiger partial charge is 0.227 e. The van der Waals surface area contributed by atoms with E-state index in [9.17, 15) is 4.79 Å². The molecule has 0 saturated carbocycles. The zero-order chi connectivity index (χ0) is 21.9. The summed E-state index contributed by atoms with van der Waals surface area (Å²) >= 11 is 0. The maximum atomic E-state index is 13.1. The third-order valence-electron chi connectivity index (χ3n) is 6.24. The van der Waals surface area contributed by atoms with Crippen LogP contribution in [-0.4, -0.2) is 38.8 Å². The molecule has 1 fully saturated rings. The van der Waals surface area contributed by atoms with Gasteiger partial charge >= 0.3 is 0 Å². The summed E-state index contributed by atoms with van der Waals surface area (Å²) in [5, 5.41) is 4.45. The maximum Gasteiger partial charge on any atom is 0.227 e. The molecule has 1 aliphatic heterocycles. The van der Waals surface area contributed by atoms with Crippen LogP contribution in [0.5, 0.6) is 0 Å². The van der Waals surface area contributed by atoms with Gasteiger partial charge in [-0.15, -0.1) is 0 Å². The van der Waals surface area contributed by atoms with Gasteiger partial charge in [-0.3, -0.25) is 4.79 Å². The largest absolute Gasteiger partial charge is 0.361 e. The number of H-pyrrole nitrogens is 1. The van der Waals surface area contributed by atoms with Gasteiger partial charge in [0.25, 0.3) is 0 Å². The summed E-state index contributed by atoms with van der Waals surface area (Å²) in [6.45, 7) is 3.54. The van der Waals surface area contributed by atoms with Crippen molar-refractivity contribution in [3.63, 3.8) is 0 Å². The number of likely N-dealkylation sites (tertiary alicyclic amines) is 1. The number of aromatic amines is 1. The number of rotatable bonds is 5. The van der Waals surface area contributed by atoms with Crippen LogP contribution < -0.4 is 5.32 Å². The molecule has 1 saturated heterocycles. The fourth-order valence-electron chi connectivity index (χ4n) is 4.48. The first-order valence-electron chi connectivity index (χ1n) is 11.2. The number of benzene rings is 1. The van der Waals surface area contributed by atoms with Gasteiger partial charge in [0, 0.05) is 48.0 Å². The zero-order valence-corrected chi connectivity index (χ0v) is 18.2. The fraction of sp³-hybridized carbons (Fsp3) is 0.269. The number of piperidine rings is 1. The number of para-hydroxylation sites is 1. The molecule has 5 rings (SSSR count). The Morgan fingerprint density at radius 1 is 1.16 bits per heavy atom. The summed E-state index contributed by atoms with van der Waals surface area (Å²) in [6, 6.07) is 18.1. The number of carbonyl (C=O) groups is 1. The highest BCUT2D eigenvalue weighted by Gasteiger charge is 2.26. The van der Waals surface area contributed by atoms with Gasteiger partial charge in [-0.25, -0.2) is 9.97 Å². The van der Waals surface area contributed by atoms with Gasteiger partial charge in [-0.05, 0) is 55.2 Å². The van der Waals surface area contributed by atoms with E-state index in [2.05, 4.69) is 27.4 Å². The van der Waals surface area contributed by atoms with Crippen molar-refractivity contribution in [1.29, 1.82) is 0 Å². The maximum absolute atomic E-state index is 13.1. The van der Waals surface area contributed by atoms with Gasteiger partial charge in [0.1, 0.15) is 11.6 Å². The second kappa shape index (κ2) is 8.83. The van der Waals surface area contributed by atoms with E-state index in [-0.39, 0.29) is 11.8 Å². The summed E-state index contributed by atoms with van der Waals surface area (Å²) in [5.41, 5.74) is 4.23. The molecule has 0 radical (unpaired) electrons. The van der Waals surface area contributed by atoms with Crippen LogP contribution in [0.1, 0.15) is 35.6 Å². The van der Waals surface area contributed by atoms with Crippen LogP contribution in [0.3, 0.4) is 0 Å². The molecule has 4 aromatic rings. The summed E-state index contributed by atoms with van der Waals surface area (Å²) in [6.07, 6.45) is 6.18. The molecule has 0 aliphatic carbocycles. The van der Waals surface area contributed by atoms with Gasteiger partial charge in [0.2, 0.25) is 5.91 Å². The van der Waals surface area contributed by atoms with Crippen LogP contribution in [0.25, 0.3) is 10.9 Å². The van der Waals surface area contributed by atoms with Crippen LogP contribution in [0.4, 0.5) is 11.6 Å². The molecule has 1 aliphatic rings. The molecule has 6 heteroatoms. The molecular formula is C26H27N5O. The average molecular weight is 426 g/mol. The Kier molecular flexibility index (Phi) is 5.58. The Morgan fingerprint density at radius 2 is 2.06 bits per heavy atom. The van der Waals surface area contributed by atoms with Crippen molar-refractivity contribution < 1.29 is 4.79 Å². The molecule has 1 amide bonds. The normalized spacial score (nSPS) is 16.3. The van der Waals surface area contributed by atoms with Crippen LogP contribution in [0.15, 0.2) is 67.0 Å². The van der Waals surface area contributed by atoms with Gasteiger partial charge in [-0.1, -0.05) is 30.3 Å². The van der Waals surface area contributed by atoms with Crippen molar-refractivity contribution in [2.24, 2.45) is 0 Å². The predicted molar refractivity (Wildman–Crippen MR) is 127 cm³/mol. The van der Waals surface area contributed by atoms with E-state index in [1.807, 2.05) is 60.5 Å². The number of amides is 1. The summed E-state index contributed by atoms with van der Waals surface area (Å²) in [5.74, 6) is 2.02. The number of hydrogen-bond donors (Lipinski definition) is 2. The van der Waals surface area contributed by atoms with Crippen LogP contribution in [0, 0.1) is 6.92 Å². The van der Waals surface area contributed by atoms with Crippen LogP contribution in [-0.2, 0) is 11.2 Å². The highest BCUT2D eigenvalue weighted by Crippen LogP contribution is 2.28. The Bertz CT molecular complexity index is 1250. The van der Waals surface area contributed by atoms with Crippen molar-refractivity contribution in [2.45, 2.75) is 32.1 Å². The molecule has 4 heterocycles. The first-order chi connectivity index (χ1) is 15.7. The number of aryl methyl sites for hydroxylation is 1. The lowest BCUT2D eigenvalue weighted by Gasteiger charge is -2.32. The quantitative estimate of drug-likeness (QED) is 0.474. The van der Waals surface area contributed by atoms with Crippen molar-refractivity contribution >= 4 is 28.4 Å². The number of aromatic nitrogens is 3. The molecule has 0 bridgehead atoms. The molecule has 32 heavy (non-hydrogen) atoms. The van der Waals surface area contributed by atoms with E-state index in [4.69, 9.17) is 4.98 Å². The highest BCUT2D eigenvalue weighted by atomic mass is 16.2. The first kappa shape index (κ1) is 20.2. The Morgan fingerprint density at radius 3 is 2.97 bits per heavy atom. The summed E-state index contributed by atoms with van der Waals surface area (Å²) in [4.78, 5) is 27.6. The molecule has 0 spiro atoms. The number of pyridine rings is 2. The minimum Gasteiger partial charge on any atom is -0.361 e. The van der Waals surface area contributed by atoms with E-state index in [0.717, 1.165) is 58.7 Å². The molecule has 0 unspecified atom stereocenters. The highest BCUT2D eigenvalue weighted by molar-refractivity contribution is 5.89. The lowest BCUT2D eigenvalue weighted by molar-refractivity contribution is -0.131. The summed E-state index contributed by atoms with van der Waals surface area (Å²) < 4.78 is 0. The summed E-state index contributed by atoms with van der Waals surface area (Å²) in [7, 11) is 0. The van der Waals surface area contributed by atoms with Crippen LogP contribution >= 0.6 is 0 Å². The van der Waals surface area contributed by atoms with E-state index < -0.39 is 0 Å². The SMILES string of the molecule is Cc1cccnc1Nc1cccc([C@H]2CCCN(C(=O)Cc3c[nH]c4ccccc34)C2)n1. The number of fused-ring (bicyclic) bond motifs is 1. The zero-order valence-electron chi connectivity index (χ0n) is 18.2. The molecule has 162 valence electrons. The molecule has 1 aromatic carbocycles. The van der Waals surface area contributed by atoms with Gasteiger partial charge in [0.05, 0.1) is 6.42 Å². The van der Waals surface area contributed by atoms with Crippen molar-refractivity contribution in [1.82, 2.24) is 19.9 Å². The number of nitrogens with zero attached hydrogens (tertiary/aromatic N) is 3. The first-order valence-corrected chi connectivity index (χ1v) is 11.2. The van der Waals surface area contributed by atoms with Crippen LogP contribution in [0.2, 0.25) is 0 Å². The minimum absolute atomic E-state index is 0.179. The Hall–Kier alpha value is -3.67. The fourth-order valence-corrected chi connectivity index (χ4v) is 4.48. The number of anilines is 2. The van der Waals surface area contributed by atoms with Gasteiger partial charge in [0.15, 0.2) is 0 Å². The van der Waals surface area contributed by atoms with E-state index in [0.29, 0.717) is 13.0 Å². The number of hydrogen-bond acceptors (Lipinski definition) is 4. The number of carbonyl (C=O) groups excluding carboxylic acids is 1. The second-order valence-electron chi connectivity index (χ2n) is 8.46. The Balaban J connectivity index is 1.28. The van der Waals surface area contributed by atoms with Crippen molar-refractivity contribution in [3.8, 4) is 0 Å². The Labute approximate surface area is 187 Å². The topological polar surface area (TPSA) is 73.9 Å². The standard InChI is InChI=1S/C26H27N5O/c1-18-7-5-13-27-26(18)30-24-12-4-11-22(29-24)19-8-6-14-31(17-19)25(32)15-20-16-28-23-10-3-2-9-21(20)23/h2-5,7,9-13,16,19,28H,6,8,14-15,17H2,1H3,(H,27,29,30)/t19-/m0/s1. The lowest BCUT2D eigenvalue weighted by atomic mass is 9.93. The third-order valence-corrected chi connectivity index (χ3v) is 6.24. The molecule has 2 N–H and O–H groups in total. The van der Waals surface area contributed by atoms with Crippen molar-refractivity contribution in [3.05, 3.63) is 83.8 Å². The molecular weight excluding hydrogens is 398 g/mol. The molecule has 6 nitrogen and oxygen atoms in total. The predicted octanol–water partition coefficient (Wildman–Crippen LogP) is 4.96. The van der Waals surface area contributed by atoms with E-state index in [1.165, 1.54) is 0 Å². The van der Waals surface area contributed by atoms with Crippen molar-refractivity contribution in [2.75, 3.05) is 18.4 Å². The third kappa shape index (κ3) is 4.21. The van der Waals surface area contributed by atoms with E-state index >= 15 is 0 Å². The molecule has 3 aromatic heterocycles. The van der Waals surface area contributed by atoms with Gasteiger partial charge < -0.3 is 15.2 Å². The van der Waals surface area contributed by atoms with E-state index in [1.54, 1.807) is 6.20 Å². The average Bonchev–Trinajstić information content (AvgIpc) is 3.24. The number of nitrogens with one attached hydrogen (secondary N) is 2. The second-order valence-corrected chi connectivity index (χ2v) is 8.46. The molecule has 1 atom stereocenters. The van der Waals surface area contributed by atoms with Gasteiger partial charge in [-0.2, -0.15) is 0 Å².